The van der Waals surface area contributed by atoms with Gasteiger partial charge in [-0.1, -0.05) is 0 Å². The third kappa shape index (κ3) is 6.14. The van der Waals surface area contributed by atoms with Crippen LogP contribution in [0.15, 0.2) is 0 Å². The van der Waals surface area contributed by atoms with Gasteiger partial charge in [-0.05, 0) is 12.8 Å². The number of nitrogens with zero attached hydrogens (tertiary/aromatic N) is 1. The first-order valence-electron chi connectivity index (χ1n) is 5.92. The lowest BCUT2D eigenvalue weighted by Gasteiger charge is -2.24. The van der Waals surface area contributed by atoms with Crippen LogP contribution < -0.4 is 11.5 Å². The van der Waals surface area contributed by atoms with E-state index in [4.69, 9.17) is 21.7 Å². The van der Waals surface area contributed by atoms with Gasteiger partial charge < -0.3 is 26.6 Å². The molecule has 0 spiro atoms. The van der Waals surface area contributed by atoms with E-state index < -0.39 is 35.8 Å². The summed E-state index contributed by atoms with van der Waals surface area (Å²) in [6, 6.07) is -2.36. The van der Waals surface area contributed by atoms with Gasteiger partial charge in [-0.3, -0.25) is 14.4 Å². The normalized spacial score (nSPS) is 13.3. The number of carboxylic acids is 2. The van der Waals surface area contributed by atoms with E-state index in [2.05, 4.69) is 0 Å². The summed E-state index contributed by atoms with van der Waals surface area (Å²) in [5.41, 5.74) is 10.2. The first-order chi connectivity index (χ1) is 9.16. The molecule has 2 atom stereocenters. The average Bonchev–Trinajstić information content (AvgIpc) is 2.34. The van der Waals surface area contributed by atoms with Crippen LogP contribution in [0.1, 0.15) is 25.7 Å². The second kappa shape index (κ2) is 8.10. The van der Waals surface area contributed by atoms with Crippen molar-refractivity contribution < 1.29 is 29.4 Å². The Bertz CT molecular complexity index is 398. The van der Waals surface area contributed by atoms with Gasteiger partial charge in [0, 0.05) is 19.9 Å². The van der Waals surface area contributed by atoms with Crippen LogP contribution in [0.25, 0.3) is 0 Å². The van der Waals surface area contributed by atoms with Crippen molar-refractivity contribution in [1.82, 2.24) is 4.90 Å². The highest BCUT2D eigenvalue weighted by Gasteiger charge is 2.27. The Balaban J connectivity index is 4.52. The lowest BCUT2D eigenvalue weighted by atomic mass is 10.1. The van der Waals surface area contributed by atoms with Crippen LogP contribution in [0.2, 0.25) is 0 Å². The highest BCUT2D eigenvalue weighted by molar-refractivity contribution is 5.84. The molecule has 0 aromatic heterocycles. The SMILES string of the molecule is CN(C(=O)CC[C@H](N)C(=O)O)[C@@H](CCC(N)=O)C(=O)O. The van der Waals surface area contributed by atoms with Gasteiger partial charge in [-0.2, -0.15) is 0 Å². The Labute approximate surface area is 115 Å². The minimum Gasteiger partial charge on any atom is -0.480 e. The van der Waals surface area contributed by atoms with E-state index in [1.54, 1.807) is 0 Å². The van der Waals surface area contributed by atoms with E-state index in [1.165, 1.54) is 7.05 Å². The Hall–Kier alpha value is -2.16. The van der Waals surface area contributed by atoms with E-state index in [1.807, 2.05) is 0 Å². The molecule has 0 aliphatic heterocycles. The third-order valence-electron chi connectivity index (χ3n) is 2.80. The molecule has 0 heterocycles. The predicted molar refractivity (Wildman–Crippen MR) is 67.5 cm³/mol. The number of carboxylic acid groups (broad SMARTS) is 2. The van der Waals surface area contributed by atoms with Gasteiger partial charge >= 0.3 is 11.9 Å². The molecule has 114 valence electrons. The van der Waals surface area contributed by atoms with Crippen LogP contribution >= 0.6 is 0 Å². The second-order valence-electron chi connectivity index (χ2n) is 4.35. The topological polar surface area (TPSA) is 164 Å². The molecule has 0 fully saturated rings. The number of hydrogen-bond donors (Lipinski definition) is 4. The zero-order chi connectivity index (χ0) is 15.9. The Morgan fingerprint density at radius 2 is 1.60 bits per heavy atom. The fourth-order valence-electron chi connectivity index (χ4n) is 1.51. The lowest BCUT2D eigenvalue weighted by Crippen LogP contribution is -2.43. The molecule has 0 bridgehead atoms. The zero-order valence-corrected chi connectivity index (χ0v) is 11.1. The van der Waals surface area contributed by atoms with E-state index in [9.17, 15) is 19.2 Å². The van der Waals surface area contributed by atoms with E-state index in [0.717, 1.165) is 4.90 Å². The zero-order valence-electron chi connectivity index (χ0n) is 11.1. The van der Waals surface area contributed by atoms with E-state index in [0.29, 0.717) is 0 Å². The molecular formula is C11H19N3O6. The van der Waals surface area contributed by atoms with Crippen LogP contribution in [-0.2, 0) is 19.2 Å². The monoisotopic (exact) mass is 289 g/mol. The van der Waals surface area contributed by atoms with Crippen LogP contribution in [-0.4, -0.2) is 58.0 Å². The summed E-state index contributed by atoms with van der Waals surface area (Å²) in [6.07, 6.45) is -0.550. The first-order valence-corrected chi connectivity index (χ1v) is 5.92. The maximum absolute atomic E-state index is 11.8. The van der Waals surface area contributed by atoms with E-state index in [-0.39, 0.29) is 25.7 Å². The van der Waals surface area contributed by atoms with Crippen molar-refractivity contribution in [3.8, 4) is 0 Å². The molecular weight excluding hydrogens is 270 g/mol. The third-order valence-corrected chi connectivity index (χ3v) is 2.80. The highest BCUT2D eigenvalue weighted by atomic mass is 16.4. The fourth-order valence-corrected chi connectivity index (χ4v) is 1.51. The molecule has 6 N–H and O–H groups in total. The standard InChI is InChI=1S/C11H19N3O6/c1-14(7(11(19)20)3-4-8(13)15)9(16)5-2-6(12)10(17)18/h6-7H,2-5,12H2,1H3,(H2,13,15)(H,17,18)(H,19,20)/t6-,7-/m0/s1. The summed E-state index contributed by atoms with van der Waals surface area (Å²) in [5.74, 6) is -3.71. The van der Waals surface area contributed by atoms with Crippen LogP contribution in [0.5, 0.6) is 0 Å². The minimum atomic E-state index is -1.26. The average molecular weight is 289 g/mol. The van der Waals surface area contributed by atoms with Gasteiger partial charge in [0.05, 0.1) is 0 Å². The predicted octanol–water partition coefficient (Wildman–Crippen LogP) is -1.64. The summed E-state index contributed by atoms with van der Waals surface area (Å²) in [5, 5.41) is 17.6. The number of aliphatic carboxylic acids is 2. The molecule has 20 heavy (non-hydrogen) atoms. The minimum absolute atomic E-state index is 0.0966. The van der Waals surface area contributed by atoms with Crippen molar-refractivity contribution in [2.45, 2.75) is 37.8 Å². The molecule has 0 aromatic rings. The molecule has 0 saturated carbocycles. The number of rotatable bonds is 9. The molecule has 0 saturated heterocycles. The van der Waals surface area contributed by atoms with Gasteiger partial charge in [0.15, 0.2) is 0 Å². The van der Waals surface area contributed by atoms with Crippen molar-refractivity contribution in [1.29, 1.82) is 0 Å². The quantitative estimate of drug-likeness (QED) is 0.395. The van der Waals surface area contributed by atoms with Gasteiger partial charge in [-0.25, -0.2) is 4.79 Å². The van der Waals surface area contributed by atoms with Crippen molar-refractivity contribution >= 4 is 23.8 Å². The Morgan fingerprint density at radius 1 is 1.05 bits per heavy atom. The number of carbonyl (C=O) groups excluding carboxylic acids is 2. The number of amides is 2. The van der Waals surface area contributed by atoms with Crippen LogP contribution in [0, 0.1) is 0 Å². The summed E-state index contributed by atoms with van der Waals surface area (Å²) in [7, 11) is 1.27. The summed E-state index contributed by atoms with van der Waals surface area (Å²) >= 11 is 0. The molecule has 0 unspecified atom stereocenters. The molecule has 0 aliphatic rings. The number of likely N-dealkylation sites (N-methyl/N-ethyl adjacent to an activating group) is 1. The molecule has 0 radical (unpaired) electrons. The van der Waals surface area contributed by atoms with Crippen molar-refractivity contribution in [3.05, 3.63) is 0 Å². The Morgan fingerprint density at radius 3 is 2.00 bits per heavy atom. The maximum atomic E-state index is 11.8. The molecule has 9 heteroatoms. The first kappa shape index (κ1) is 17.8. The van der Waals surface area contributed by atoms with Gasteiger partial charge in [0.2, 0.25) is 11.8 Å². The number of nitrogens with two attached hydrogens (primary N) is 2. The van der Waals surface area contributed by atoms with Gasteiger partial charge in [-0.15, -0.1) is 0 Å². The van der Waals surface area contributed by atoms with Gasteiger partial charge in [0.25, 0.3) is 0 Å². The van der Waals surface area contributed by atoms with Crippen molar-refractivity contribution in [3.63, 3.8) is 0 Å². The smallest absolute Gasteiger partial charge is 0.326 e. The van der Waals surface area contributed by atoms with Crippen molar-refractivity contribution in [2.75, 3.05) is 7.05 Å². The Kier molecular flexibility index (Phi) is 7.22. The van der Waals surface area contributed by atoms with Crippen LogP contribution in [0.4, 0.5) is 0 Å². The number of primary amides is 1. The lowest BCUT2D eigenvalue weighted by molar-refractivity contribution is -0.150. The number of carbonyl (C=O) groups is 4. The molecule has 0 rings (SSSR count). The van der Waals surface area contributed by atoms with Crippen molar-refractivity contribution in [2.24, 2.45) is 11.5 Å². The van der Waals surface area contributed by atoms with Crippen LogP contribution in [0.3, 0.4) is 0 Å². The fraction of sp³-hybridized carbons (Fsp3) is 0.636. The summed E-state index contributed by atoms with van der Waals surface area (Å²) < 4.78 is 0. The molecule has 0 aliphatic carbocycles. The molecule has 2 amide bonds. The molecule has 0 aromatic carbocycles. The summed E-state index contributed by atoms with van der Waals surface area (Å²) in [4.78, 5) is 44.9. The molecule has 9 nitrogen and oxygen atoms in total. The highest BCUT2D eigenvalue weighted by Crippen LogP contribution is 2.09. The maximum Gasteiger partial charge on any atom is 0.326 e. The largest absolute Gasteiger partial charge is 0.480 e. The van der Waals surface area contributed by atoms with Gasteiger partial charge in [0.1, 0.15) is 12.1 Å². The summed E-state index contributed by atoms with van der Waals surface area (Å²) in [6.45, 7) is 0. The number of hydrogen-bond acceptors (Lipinski definition) is 5. The second-order valence-corrected chi connectivity index (χ2v) is 4.35. The van der Waals surface area contributed by atoms with E-state index >= 15 is 0 Å².